The third-order valence-electron chi connectivity index (χ3n) is 3.58. The van der Waals surface area contributed by atoms with Gasteiger partial charge in [-0.1, -0.05) is 0 Å². The van der Waals surface area contributed by atoms with E-state index in [4.69, 9.17) is 4.74 Å². The molecule has 0 atom stereocenters. The van der Waals surface area contributed by atoms with Crippen LogP contribution in [-0.4, -0.2) is 48.4 Å². The summed E-state index contributed by atoms with van der Waals surface area (Å²) in [7, 11) is -3.08. The molecule has 7 heteroatoms. The molecule has 1 saturated heterocycles. The van der Waals surface area contributed by atoms with Gasteiger partial charge in [0.25, 0.3) is 0 Å². The van der Waals surface area contributed by atoms with E-state index in [-0.39, 0.29) is 6.10 Å². The first kappa shape index (κ1) is 13.4. The summed E-state index contributed by atoms with van der Waals surface area (Å²) in [5.74, 6) is 0.803. The molecule has 3 rings (SSSR count). The molecule has 0 bridgehead atoms. The summed E-state index contributed by atoms with van der Waals surface area (Å²) in [5.41, 5.74) is 0.976. The minimum Gasteiger partial charge on any atom is -0.490 e. The predicted octanol–water partition coefficient (Wildman–Crippen LogP) is 1.37. The fourth-order valence-corrected chi connectivity index (χ4v) is 3.34. The number of hydrogen-bond acceptors (Lipinski definition) is 4. The van der Waals surface area contributed by atoms with Gasteiger partial charge < -0.3 is 4.74 Å². The van der Waals surface area contributed by atoms with E-state index in [0.717, 1.165) is 29.5 Å². The second-order valence-electron chi connectivity index (χ2n) is 5.10. The van der Waals surface area contributed by atoms with Crippen LogP contribution in [0.2, 0.25) is 0 Å². The lowest BCUT2D eigenvalue weighted by Gasteiger charge is -2.30. The van der Waals surface area contributed by atoms with Gasteiger partial charge in [0.1, 0.15) is 11.9 Å². The largest absolute Gasteiger partial charge is 0.490 e. The highest BCUT2D eigenvalue weighted by molar-refractivity contribution is 7.88. The molecule has 1 aliphatic heterocycles. The number of sulfonamides is 1. The molecule has 0 saturated carbocycles. The first-order valence-electron chi connectivity index (χ1n) is 6.57. The summed E-state index contributed by atoms with van der Waals surface area (Å²) in [6.07, 6.45) is 4.51. The van der Waals surface area contributed by atoms with Crippen LogP contribution in [0.25, 0.3) is 10.9 Å². The van der Waals surface area contributed by atoms with E-state index in [9.17, 15) is 8.42 Å². The van der Waals surface area contributed by atoms with Gasteiger partial charge in [-0.15, -0.1) is 0 Å². The monoisotopic (exact) mass is 295 g/mol. The Morgan fingerprint density at radius 1 is 1.35 bits per heavy atom. The minimum absolute atomic E-state index is 0.0670. The highest BCUT2D eigenvalue weighted by atomic mass is 32.2. The zero-order valence-electron chi connectivity index (χ0n) is 11.2. The summed E-state index contributed by atoms with van der Waals surface area (Å²) < 4.78 is 30.3. The summed E-state index contributed by atoms with van der Waals surface area (Å²) in [6, 6.07) is 5.79. The summed E-state index contributed by atoms with van der Waals surface area (Å²) in [4.78, 5) is 0. The van der Waals surface area contributed by atoms with Crippen molar-refractivity contribution in [2.45, 2.75) is 18.9 Å². The molecule has 20 heavy (non-hydrogen) atoms. The number of nitrogens with one attached hydrogen (secondary N) is 1. The Balaban J connectivity index is 1.64. The lowest BCUT2D eigenvalue weighted by molar-refractivity contribution is 0.135. The number of benzene rings is 1. The van der Waals surface area contributed by atoms with Gasteiger partial charge in [0.15, 0.2) is 0 Å². The average Bonchev–Trinajstić information content (AvgIpc) is 2.86. The van der Waals surface area contributed by atoms with Crippen LogP contribution >= 0.6 is 0 Å². The van der Waals surface area contributed by atoms with Crippen molar-refractivity contribution in [3.63, 3.8) is 0 Å². The van der Waals surface area contributed by atoms with Gasteiger partial charge in [-0.2, -0.15) is 5.10 Å². The number of ether oxygens (including phenoxy) is 1. The molecule has 6 nitrogen and oxygen atoms in total. The zero-order valence-corrected chi connectivity index (χ0v) is 12.1. The van der Waals surface area contributed by atoms with Gasteiger partial charge in [-0.25, -0.2) is 12.7 Å². The zero-order chi connectivity index (χ0) is 14.2. The third kappa shape index (κ3) is 2.78. The van der Waals surface area contributed by atoms with E-state index in [1.807, 2.05) is 18.2 Å². The number of H-pyrrole nitrogens is 1. The molecule has 0 unspecified atom stereocenters. The molecule has 0 spiro atoms. The van der Waals surface area contributed by atoms with Crippen LogP contribution in [-0.2, 0) is 10.0 Å². The quantitative estimate of drug-likeness (QED) is 0.928. The van der Waals surface area contributed by atoms with Crippen molar-refractivity contribution in [3.8, 4) is 5.75 Å². The number of aromatic nitrogens is 2. The van der Waals surface area contributed by atoms with Crippen molar-refractivity contribution in [3.05, 3.63) is 24.4 Å². The van der Waals surface area contributed by atoms with Crippen molar-refractivity contribution in [2.75, 3.05) is 19.3 Å². The van der Waals surface area contributed by atoms with Gasteiger partial charge in [-0.3, -0.25) is 5.10 Å². The Kier molecular flexibility index (Phi) is 3.39. The Labute approximate surface area is 117 Å². The molecule has 1 N–H and O–H groups in total. The van der Waals surface area contributed by atoms with Gasteiger partial charge in [-0.05, 0) is 31.0 Å². The topological polar surface area (TPSA) is 75.3 Å². The molecule has 1 aliphatic rings. The number of nitrogens with zero attached hydrogens (tertiary/aromatic N) is 2. The average molecular weight is 295 g/mol. The van der Waals surface area contributed by atoms with Crippen LogP contribution in [0.15, 0.2) is 24.4 Å². The van der Waals surface area contributed by atoms with Crippen LogP contribution in [0.4, 0.5) is 0 Å². The normalized spacial score (nSPS) is 18.4. The van der Waals surface area contributed by atoms with Crippen molar-refractivity contribution in [1.29, 1.82) is 0 Å². The summed E-state index contributed by atoms with van der Waals surface area (Å²) in [6.45, 7) is 1.05. The number of fused-ring (bicyclic) bond motifs is 1. The Hall–Kier alpha value is -1.60. The molecule has 0 amide bonds. The maximum absolute atomic E-state index is 11.4. The van der Waals surface area contributed by atoms with Crippen LogP contribution in [0.5, 0.6) is 5.75 Å². The maximum Gasteiger partial charge on any atom is 0.211 e. The van der Waals surface area contributed by atoms with Crippen molar-refractivity contribution in [2.24, 2.45) is 0 Å². The maximum atomic E-state index is 11.4. The molecule has 1 fully saturated rings. The number of rotatable bonds is 3. The lowest BCUT2D eigenvalue weighted by atomic mass is 10.1. The SMILES string of the molecule is CS(=O)(=O)N1CCC(Oc2ccc3[nH]ncc3c2)CC1. The van der Waals surface area contributed by atoms with E-state index < -0.39 is 10.0 Å². The Morgan fingerprint density at radius 3 is 2.80 bits per heavy atom. The van der Waals surface area contributed by atoms with Gasteiger partial charge >= 0.3 is 0 Å². The fraction of sp³-hybridized carbons (Fsp3) is 0.462. The first-order valence-corrected chi connectivity index (χ1v) is 8.42. The van der Waals surface area contributed by atoms with Crippen molar-refractivity contribution in [1.82, 2.24) is 14.5 Å². The van der Waals surface area contributed by atoms with Crippen LogP contribution < -0.4 is 4.74 Å². The van der Waals surface area contributed by atoms with Crippen LogP contribution in [0.1, 0.15) is 12.8 Å². The van der Waals surface area contributed by atoms with Gasteiger partial charge in [0, 0.05) is 18.5 Å². The fourth-order valence-electron chi connectivity index (χ4n) is 2.47. The Morgan fingerprint density at radius 2 is 2.10 bits per heavy atom. The standard InChI is InChI=1S/C13H17N3O3S/c1-20(17,18)16-6-4-11(5-7-16)19-12-2-3-13-10(8-12)9-14-15-13/h2-3,8-9,11H,4-7H2,1H3,(H,14,15). The van der Waals surface area contributed by atoms with Gasteiger partial charge in [0.05, 0.1) is 18.0 Å². The molecule has 1 aromatic heterocycles. The second-order valence-corrected chi connectivity index (χ2v) is 7.08. The van der Waals surface area contributed by atoms with Gasteiger partial charge in [0.2, 0.25) is 10.0 Å². The minimum atomic E-state index is -3.08. The van der Waals surface area contributed by atoms with E-state index in [0.29, 0.717) is 13.1 Å². The predicted molar refractivity (Wildman–Crippen MR) is 76.2 cm³/mol. The summed E-state index contributed by atoms with van der Waals surface area (Å²) >= 11 is 0. The highest BCUT2D eigenvalue weighted by Gasteiger charge is 2.25. The number of piperidine rings is 1. The van der Waals surface area contributed by atoms with E-state index in [1.54, 1.807) is 6.20 Å². The Bertz CT molecular complexity index is 702. The molecular formula is C13H17N3O3S. The van der Waals surface area contributed by atoms with E-state index in [1.165, 1.54) is 10.6 Å². The highest BCUT2D eigenvalue weighted by Crippen LogP contribution is 2.23. The molecule has 2 heterocycles. The molecule has 108 valence electrons. The first-order chi connectivity index (χ1) is 9.52. The lowest BCUT2D eigenvalue weighted by Crippen LogP contribution is -2.41. The number of hydrogen-bond donors (Lipinski definition) is 1. The van der Waals surface area contributed by atoms with Crippen LogP contribution in [0, 0.1) is 0 Å². The number of aromatic amines is 1. The van der Waals surface area contributed by atoms with E-state index >= 15 is 0 Å². The molecular weight excluding hydrogens is 278 g/mol. The molecule has 2 aromatic rings. The molecule has 0 radical (unpaired) electrons. The van der Waals surface area contributed by atoms with Crippen molar-refractivity contribution < 1.29 is 13.2 Å². The van der Waals surface area contributed by atoms with Crippen LogP contribution in [0.3, 0.4) is 0 Å². The van der Waals surface area contributed by atoms with Crippen molar-refractivity contribution >= 4 is 20.9 Å². The smallest absolute Gasteiger partial charge is 0.211 e. The van der Waals surface area contributed by atoms with E-state index in [2.05, 4.69) is 10.2 Å². The second kappa shape index (κ2) is 5.06. The molecule has 0 aliphatic carbocycles. The third-order valence-corrected chi connectivity index (χ3v) is 4.89. The molecule has 1 aromatic carbocycles. The summed E-state index contributed by atoms with van der Waals surface area (Å²) in [5, 5.41) is 7.88.